The van der Waals surface area contributed by atoms with Crippen molar-refractivity contribution in [3.8, 4) is 23.0 Å². The highest BCUT2D eigenvalue weighted by molar-refractivity contribution is 6.46. The lowest BCUT2D eigenvalue weighted by atomic mass is 9.94. The van der Waals surface area contributed by atoms with Gasteiger partial charge in [-0.3, -0.25) is 9.59 Å². The molecule has 2 aromatic carbocycles. The Morgan fingerprint density at radius 3 is 2.53 bits per heavy atom. The summed E-state index contributed by atoms with van der Waals surface area (Å²) >= 11 is 0. The maximum absolute atomic E-state index is 13.4. The number of nitrogens with zero attached hydrogens (tertiary/aromatic N) is 2. The molecule has 9 heteroatoms. The van der Waals surface area contributed by atoms with Crippen molar-refractivity contribution in [2.75, 3.05) is 47.2 Å². The molecule has 0 radical (unpaired) electrons. The summed E-state index contributed by atoms with van der Waals surface area (Å²) in [5, 5.41) is 11.4. The van der Waals surface area contributed by atoms with Gasteiger partial charge in [0, 0.05) is 17.7 Å². The number of aliphatic hydroxyl groups excluding tert-OH is 1. The van der Waals surface area contributed by atoms with E-state index in [-0.39, 0.29) is 18.1 Å². The molecule has 2 aliphatic rings. The first kappa shape index (κ1) is 25.4. The van der Waals surface area contributed by atoms with Crippen LogP contribution in [0.5, 0.6) is 23.0 Å². The molecule has 1 atom stereocenters. The van der Waals surface area contributed by atoms with Gasteiger partial charge in [-0.2, -0.15) is 0 Å². The summed E-state index contributed by atoms with van der Waals surface area (Å²) in [7, 11) is 3.03. The van der Waals surface area contributed by atoms with Crippen molar-refractivity contribution < 1.29 is 33.6 Å². The second kappa shape index (κ2) is 10.9. The summed E-state index contributed by atoms with van der Waals surface area (Å²) < 4.78 is 21.9. The van der Waals surface area contributed by atoms with Gasteiger partial charge in [0.15, 0.2) is 23.0 Å². The molecular formula is C27H32N2O7. The Balaban J connectivity index is 1.81. The van der Waals surface area contributed by atoms with Crippen LogP contribution in [0.4, 0.5) is 0 Å². The number of hydrogen-bond donors (Lipinski definition) is 1. The second-order valence-corrected chi connectivity index (χ2v) is 8.52. The lowest BCUT2D eigenvalue weighted by Gasteiger charge is -2.28. The van der Waals surface area contributed by atoms with Crippen LogP contribution in [0.25, 0.3) is 5.76 Å². The van der Waals surface area contributed by atoms with Gasteiger partial charge in [-0.25, -0.2) is 0 Å². The zero-order valence-electron chi connectivity index (χ0n) is 21.1. The molecule has 4 rings (SSSR count). The highest BCUT2D eigenvalue weighted by atomic mass is 16.7. The Hall–Kier alpha value is -3.72. The summed E-state index contributed by atoms with van der Waals surface area (Å²) in [5.74, 6) is 0.184. The maximum atomic E-state index is 13.4. The Labute approximate surface area is 210 Å². The number of carbonyl (C=O) groups excluding carboxylic acids is 2. The standard InChI is InChI=1S/C27H32N2O7/c1-5-28(6-2)13-8-14-29-23(18-9-7-10-20(33-3)26(18)34-4)22(25(31)27(29)32)24(30)17-11-12-19-21(15-17)36-16-35-19/h7,9-12,15,23,30H,5-6,8,13-14,16H2,1-4H3/b24-22+. The lowest BCUT2D eigenvalue weighted by Crippen LogP contribution is -2.33. The van der Waals surface area contributed by atoms with Gasteiger partial charge in [0.2, 0.25) is 6.79 Å². The average Bonchev–Trinajstić information content (AvgIpc) is 3.47. The summed E-state index contributed by atoms with van der Waals surface area (Å²) in [6, 6.07) is 9.35. The number of para-hydroxylation sites is 1. The van der Waals surface area contributed by atoms with Gasteiger partial charge in [-0.15, -0.1) is 0 Å². The van der Waals surface area contributed by atoms with Crippen LogP contribution in [0, 0.1) is 0 Å². The van der Waals surface area contributed by atoms with Gasteiger partial charge in [0.1, 0.15) is 5.76 Å². The lowest BCUT2D eigenvalue weighted by molar-refractivity contribution is -0.140. The number of carbonyl (C=O) groups is 2. The fourth-order valence-corrected chi connectivity index (χ4v) is 4.77. The minimum atomic E-state index is -0.850. The Bertz CT molecular complexity index is 1170. The fraction of sp³-hybridized carbons (Fsp3) is 0.407. The van der Waals surface area contributed by atoms with Gasteiger partial charge >= 0.3 is 0 Å². The molecule has 0 aliphatic carbocycles. The number of Topliss-reactive ketones (excluding diaryl/α,β-unsaturated/α-hetero) is 1. The highest BCUT2D eigenvalue weighted by Gasteiger charge is 2.47. The molecular weight excluding hydrogens is 464 g/mol. The topological polar surface area (TPSA) is 97.8 Å². The molecule has 1 fully saturated rings. The van der Waals surface area contributed by atoms with Crippen molar-refractivity contribution in [3.05, 3.63) is 53.1 Å². The average molecular weight is 497 g/mol. The first-order valence-corrected chi connectivity index (χ1v) is 12.1. The number of hydrogen-bond acceptors (Lipinski definition) is 8. The molecule has 0 bridgehead atoms. The van der Waals surface area contributed by atoms with E-state index in [0.29, 0.717) is 47.1 Å². The summed E-state index contributed by atoms with van der Waals surface area (Å²) in [6.45, 7) is 7.16. The number of amides is 1. The third kappa shape index (κ3) is 4.58. The number of methoxy groups -OCH3 is 2. The number of ether oxygens (including phenoxy) is 4. The first-order valence-electron chi connectivity index (χ1n) is 12.1. The van der Waals surface area contributed by atoms with Gasteiger partial charge in [-0.05, 0) is 50.3 Å². The Kier molecular flexibility index (Phi) is 7.69. The van der Waals surface area contributed by atoms with E-state index in [1.165, 1.54) is 19.1 Å². The Morgan fingerprint density at radius 1 is 1.08 bits per heavy atom. The Morgan fingerprint density at radius 2 is 1.83 bits per heavy atom. The predicted molar refractivity (Wildman–Crippen MR) is 134 cm³/mol. The van der Waals surface area contributed by atoms with Gasteiger partial charge in [0.05, 0.1) is 25.8 Å². The number of fused-ring (bicyclic) bond motifs is 1. The normalized spacial score (nSPS) is 18.2. The molecule has 2 aromatic rings. The van der Waals surface area contributed by atoms with Crippen molar-refractivity contribution in [2.45, 2.75) is 26.3 Å². The molecule has 1 amide bonds. The van der Waals surface area contributed by atoms with Crippen molar-refractivity contribution in [1.29, 1.82) is 0 Å². The molecule has 192 valence electrons. The first-order chi connectivity index (χ1) is 17.4. The predicted octanol–water partition coefficient (Wildman–Crippen LogP) is 3.59. The molecule has 1 unspecified atom stereocenters. The van der Waals surface area contributed by atoms with E-state index in [2.05, 4.69) is 18.7 Å². The largest absolute Gasteiger partial charge is 0.507 e. The van der Waals surface area contributed by atoms with E-state index in [1.807, 2.05) is 0 Å². The molecule has 36 heavy (non-hydrogen) atoms. The van der Waals surface area contributed by atoms with Crippen LogP contribution in [0.2, 0.25) is 0 Å². The third-order valence-electron chi connectivity index (χ3n) is 6.68. The second-order valence-electron chi connectivity index (χ2n) is 8.52. The van der Waals surface area contributed by atoms with Crippen molar-refractivity contribution in [2.24, 2.45) is 0 Å². The fourth-order valence-electron chi connectivity index (χ4n) is 4.77. The number of aliphatic hydroxyl groups is 1. The van der Waals surface area contributed by atoms with Crippen LogP contribution < -0.4 is 18.9 Å². The number of benzene rings is 2. The van der Waals surface area contributed by atoms with Crippen LogP contribution in [0.1, 0.15) is 37.4 Å². The van der Waals surface area contributed by atoms with Crippen LogP contribution in [0.3, 0.4) is 0 Å². The quantitative estimate of drug-likeness (QED) is 0.303. The minimum Gasteiger partial charge on any atom is -0.507 e. The van der Waals surface area contributed by atoms with Crippen molar-refractivity contribution in [3.63, 3.8) is 0 Å². The highest BCUT2D eigenvalue weighted by Crippen LogP contribution is 2.46. The maximum Gasteiger partial charge on any atom is 0.295 e. The van der Waals surface area contributed by atoms with Crippen molar-refractivity contribution in [1.82, 2.24) is 9.80 Å². The molecule has 0 spiro atoms. The number of rotatable bonds is 10. The smallest absolute Gasteiger partial charge is 0.295 e. The van der Waals surface area contributed by atoms with Crippen LogP contribution in [-0.2, 0) is 9.59 Å². The SMILES string of the molecule is CCN(CC)CCCN1C(=O)C(=O)/C(=C(/O)c2ccc3c(c2)OCO3)C1c1cccc(OC)c1OC. The summed E-state index contributed by atoms with van der Waals surface area (Å²) in [5.41, 5.74) is 0.904. The summed E-state index contributed by atoms with van der Waals surface area (Å²) in [4.78, 5) is 30.4. The van der Waals surface area contributed by atoms with Gasteiger partial charge < -0.3 is 33.9 Å². The van der Waals surface area contributed by atoms with E-state index < -0.39 is 17.7 Å². The molecule has 0 aromatic heterocycles. The van der Waals surface area contributed by atoms with E-state index in [4.69, 9.17) is 18.9 Å². The van der Waals surface area contributed by atoms with Gasteiger partial charge in [-0.1, -0.05) is 26.0 Å². The van der Waals surface area contributed by atoms with Crippen LogP contribution in [-0.4, -0.2) is 73.8 Å². The van der Waals surface area contributed by atoms with E-state index >= 15 is 0 Å². The molecule has 1 saturated heterocycles. The number of likely N-dealkylation sites (tertiary alicyclic amines) is 1. The minimum absolute atomic E-state index is 0.00624. The molecule has 1 N–H and O–H groups in total. The van der Waals surface area contributed by atoms with E-state index in [0.717, 1.165) is 19.6 Å². The van der Waals surface area contributed by atoms with E-state index in [1.54, 1.807) is 36.4 Å². The summed E-state index contributed by atoms with van der Waals surface area (Å²) in [6.07, 6.45) is 0.668. The van der Waals surface area contributed by atoms with Crippen LogP contribution in [0.15, 0.2) is 42.0 Å². The molecule has 0 saturated carbocycles. The monoisotopic (exact) mass is 496 g/mol. The molecule has 2 aliphatic heterocycles. The molecule has 2 heterocycles. The third-order valence-corrected chi connectivity index (χ3v) is 6.68. The van der Waals surface area contributed by atoms with Crippen LogP contribution >= 0.6 is 0 Å². The number of ketones is 1. The van der Waals surface area contributed by atoms with Crippen molar-refractivity contribution >= 4 is 17.4 Å². The molecule has 9 nitrogen and oxygen atoms in total. The zero-order chi connectivity index (χ0) is 25.8. The zero-order valence-corrected chi connectivity index (χ0v) is 21.1. The van der Waals surface area contributed by atoms with E-state index in [9.17, 15) is 14.7 Å². The van der Waals surface area contributed by atoms with Gasteiger partial charge in [0.25, 0.3) is 11.7 Å².